The van der Waals surface area contributed by atoms with Crippen molar-refractivity contribution in [3.8, 4) is 5.75 Å². The Morgan fingerprint density at radius 3 is 2.61 bits per heavy atom. The van der Waals surface area contributed by atoms with Crippen molar-refractivity contribution in [1.29, 1.82) is 0 Å². The molecule has 1 aromatic carbocycles. The Morgan fingerprint density at radius 2 is 1.86 bits per heavy atom. The molecule has 150 valence electrons. The lowest BCUT2D eigenvalue weighted by atomic mass is 9.87. The highest BCUT2D eigenvalue weighted by Crippen LogP contribution is 2.32. The van der Waals surface area contributed by atoms with Gasteiger partial charge >= 0.3 is 0 Å². The molecule has 0 amide bonds. The van der Waals surface area contributed by atoms with Gasteiger partial charge in [-0.25, -0.2) is 0 Å². The molecule has 2 aromatic rings. The molecule has 2 aliphatic rings. The number of aliphatic hydroxyl groups is 1. The number of carbonyl (C=O) groups excluding carboxylic acids is 1. The van der Waals surface area contributed by atoms with Crippen LogP contribution < -0.4 is 10.1 Å². The number of hydrogen-bond acceptors (Lipinski definition) is 5. The Balaban J connectivity index is 1.33. The Morgan fingerprint density at radius 1 is 1.11 bits per heavy atom. The standard InChI is InChI=1S/C23H29NO3S/c1-13-8-14(2)10-17(9-13)27-20-6-5-19(23(20)26)24-12-16-4-7-21-18(22(16)25)11-15(3)28-21/h8-11,16,19-20,23-24,26H,4-7,12H2,1-3H3/t16?,19-,20-,23-/m1/s1. The van der Waals surface area contributed by atoms with Gasteiger partial charge in [-0.05, 0) is 75.8 Å². The maximum Gasteiger partial charge on any atom is 0.168 e. The fourth-order valence-electron chi connectivity index (χ4n) is 4.57. The molecule has 4 nitrogen and oxygen atoms in total. The van der Waals surface area contributed by atoms with Crippen LogP contribution in [-0.2, 0) is 6.42 Å². The fraction of sp³-hybridized carbons (Fsp3) is 0.522. The molecule has 1 aromatic heterocycles. The molecule has 0 aliphatic heterocycles. The number of aryl methyl sites for hydroxylation is 4. The number of ether oxygens (including phenoxy) is 1. The highest BCUT2D eigenvalue weighted by molar-refractivity contribution is 7.12. The number of hydrogen-bond donors (Lipinski definition) is 2. The van der Waals surface area contributed by atoms with E-state index >= 15 is 0 Å². The number of benzene rings is 1. The lowest BCUT2D eigenvalue weighted by molar-refractivity contribution is 0.0441. The Bertz CT molecular complexity index is 854. The quantitative estimate of drug-likeness (QED) is 0.798. The normalized spacial score (nSPS) is 27.1. The van der Waals surface area contributed by atoms with Crippen molar-refractivity contribution in [2.45, 2.75) is 64.7 Å². The summed E-state index contributed by atoms with van der Waals surface area (Å²) in [4.78, 5) is 15.2. The van der Waals surface area contributed by atoms with Gasteiger partial charge in [-0.1, -0.05) is 6.07 Å². The average molecular weight is 400 g/mol. The van der Waals surface area contributed by atoms with Crippen LogP contribution in [0.5, 0.6) is 5.75 Å². The molecule has 2 aliphatic carbocycles. The summed E-state index contributed by atoms with van der Waals surface area (Å²) in [6.07, 6.45) is 2.80. The van der Waals surface area contributed by atoms with Gasteiger partial charge in [-0.2, -0.15) is 0 Å². The van der Waals surface area contributed by atoms with Gasteiger partial charge in [0.2, 0.25) is 0 Å². The van der Waals surface area contributed by atoms with Gasteiger partial charge in [0.1, 0.15) is 18.0 Å². The molecule has 4 rings (SSSR count). The van der Waals surface area contributed by atoms with E-state index in [9.17, 15) is 9.90 Å². The predicted octanol–water partition coefficient (Wildman–Crippen LogP) is 3.98. The minimum Gasteiger partial charge on any atom is -0.488 e. The molecule has 0 spiro atoms. The van der Waals surface area contributed by atoms with E-state index in [1.165, 1.54) is 9.75 Å². The summed E-state index contributed by atoms with van der Waals surface area (Å²) >= 11 is 1.75. The lowest BCUT2D eigenvalue weighted by Crippen LogP contribution is -2.44. The van der Waals surface area contributed by atoms with Gasteiger partial charge in [-0.15, -0.1) is 11.3 Å². The molecule has 2 N–H and O–H groups in total. The SMILES string of the molecule is Cc1cc(C)cc(O[C@@H]2CC[C@@H](NCC3CCc4sc(C)cc4C3=O)[C@H]2O)c1. The second kappa shape index (κ2) is 7.97. The molecule has 1 unspecified atom stereocenters. The maximum atomic E-state index is 12.8. The Labute approximate surface area is 170 Å². The van der Waals surface area contributed by atoms with Crippen molar-refractivity contribution in [3.63, 3.8) is 0 Å². The van der Waals surface area contributed by atoms with Crippen LogP contribution in [0.3, 0.4) is 0 Å². The lowest BCUT2D eigenvalue weighted by Gasteiger charge is -2.25. The number of thiophene rings is 1. The van der Waals surface area contributed by atoms with Gasteiger partial charge in [-0.3, -0.25) is 4.79 Å². The molecule has 1 fully saturated rings. The average Bonchev–Trinajstić information content (AvgIpc) is 3.17. The van der Waals surface area contributed by atoms with E-state index in [0.29, 0.717) is 6.54 Å². The number of aliphatic hydroxyl groups excluding tert-OH is 1. The molecular formula is C23H29NO3S. The first-order chi connectivity index (χ1) is 13.4. The van der Waals surface area contributed by atoms with Crippen molar-refractivity contribution in [3.05, 3.63) is 50.7 Å². The van der Waals surface area contributed by atoms with Crippen molar-refractivity contribution >= 4 is 17.1 Å². The largest absolute Gasteiger partial charge is 0.488 e. The van der Waals surface area contributed by atoms with E-state index in [1.54, 1.807) is 11.3 Å². The summed E-state index contributed by atoms with van der Waals surface area (Å²) in [6, 6.07) is 8.16. The first-order valence-electron chi connectivity index (χ1n) is 10.2. The summed E-state index contributed by atoms with van der Waals surface area (Å²) in [6.45, 7) is 6.80. The summed E-state index contributed by atoms with van der Waals surface area (Å²) in [5.41, 5.74) is 3.25. The molecule has 5 heteroatoms. The van der Waals surface area contributed by atoms with Crippen LogP contribution >= 0.6 is 11.3 Å². The van der Waals surface area contributed by atoms with Crippen LogP contribution in [0.2, 0.25) is 0 Å². The second-order valence-corrected chi connectivity index (χ2v) is 9.70. The molecule has 1 saturated carbocycles. The molecule has 0 saturated heterocycles. The van der Waals surface area contributed by atoms with Gasteiger partial charge < -0.3 is 15.2 Å². The maximum absolute atomic E-state index is 12.8. The minimum atomic E-state index is -0.557. The smallest absolute Gasteiger partial charge is 0.168 e. The minimum absolute atomic E-state index is 0.00749. The molecule has 0 radical (unpaired) electrons. The molecule has 4 atom stereocenters. The summed E-state index contributed by atoms with van der Waals surface area (Å²) < 4.78 is 6.09. The van der Waals surface area contributed by atoms with Crippen LogP contribution in [0.15, 0.2) is 24.3 Å². The van der Waals surface area contributed by atoms with Crippen molar-refractivity contribution < 1.29 is 14.6 Å². The van der Waals surface area contributed by atoms with Crippen LogP contribution in [0.25, 0.3) is 0 Å². The van der Waals surface area contributed by atoms with Crippen molar-refractivity contribution in [2.24, 2.45) is 5.92 Å². The van der Waals surface area contributed by atoms with E-state index in [4.69, 9.17) is 4.74 Å². The van der Waals surface area contributed by atoms with Crippen LogP contribution in [-0.4, -0.2) is 35.7 Å². The van der Waals surface area contributed by atoms with Gasteiger partial charge in [0.15, 0.2) is 5.78 Å². The van der Waals surface area contributed by atoms with Gasteiger partial charge in [0, 0.05) is 33.8 Å². The zero-order valence-electron chi connectivity index (χ0n) is 16.8. The molecule has 0 bridgehead atoms. The summed E-state index contributed by atoms with van der Waals surface area (Å²) in [5.74, 6) is 1.09. The van der Waals surface area contributed by atoms with Crippen molar-refractivity contribution in [2.75, 3.05) is 6.54 Å². The number of ketones is 1. The monoisotopic (exact) mass is 399 g/mol. The summed E-state index contributed by atoms with van der Waals surface area (Å²) in [7, 11) is 0. The number of fused-ring (bicyclic) bond motifs is 1. The van der Waals surface area contributed by atoms with Crippen LogP contribution in [0, 0.1) is 26.7 Å². The zero-order valence-corrected chi connectivity index (χ0v) is 17.6. The summed E-state index contributed by atoms with van der Waals surface area (Å²) in [5, 5.41) is 14.2. The van der Waals surface area contributed by atoms with Gasteiger partial charge in [0.25, 0.3) is 0 Å². The number of nitrogens with one attached hydrogen (secondary N) is 1. The van der Waals surface area contributed by atoms with Gasteiger partial charge in [0.05, 0.1) is 0 Å². The van der Waals surface area contributed by atoms with Crippen molar-refractivity contribution in [1.82, 2.24) is 5.32 Å². The first kappa shape index (κ1) is 19.6. The third kappa shape index (κ3) is 4.02. The van der Waals surface area contributed by atoms with E-state index < -0.39 is 6.10 Å². The van der Waals surface area contributed by atoms with E-state index in [1.807, 2.05) is 18.2 Å². The Hall–Kier alpha value is -1.69. The third-order valence-corrected chi connectivity index (χ3v) is 7.06. The fourth-order valence-corrected chi connectivity index (χ4v) is 5.63. The second-order valence-electron chi connectivity index (χ2n) is 8.36. The third-order valence-electron chi connectivity index (χ3n) is 5.95. The van der Waals surface area contributed by atoms with E-state index in [2.05, 4.69) is 32.2 Å². The van der Waals surface area contributed by atoms with E-state index in [-0.39, 0.29) is 23.8 Å². The topological polar surface area (TPSA) is 58.6 Å². The molecular weight excluding hydrogens is 370 g/mol. The van der Waals surface area contributed by atoms with E-state index in [0.717, 1.165) is 48.1 Å². The Kier molecular flexibility index (Phi) is 5.59. The highest BCUT2D eigenvalue weighted by Gasteiger charge is 2.37. The highest BCUT2D eigenvalue weighted by atomic mass is 32.1. The van der Waals surface area contributed by atoms with Crippen LogP contribution in [0.1, 0.15) is 50.5 Å². The zero-order chi connectivity index (χ0) is 19.8. The molecule has 28 heavy (non-hydrogen) atoms. The number of rotatable bonds is 5. The number of Topliss-reactive ketones (excluding diaryl/α,β-unsaturated/α-hetero) is 1. The van der Waals surface area contributed by atoms with Crippen LogP contribution in [0.4, 0.5) is 0 Å². The first-order valence-corrected chi connectivity index (χ1v) is 11.0. The number of carbonyl (C=O) groups is 1. The molecule has 1 heterocycles. The predicted molar refractivity (Wildman–Crippen MR) is 113 cm³/mol.